The van der Waals surface area contributed by atoms with Gasteiger partial charge in [0, 0.05) is 7.05 Å². The van der Waals surface area contributed by atoms with Gasteiger partial charge in [-0.1, -0.05) is 17.7 Å². The SMILES string of the molecule is C/N=C(\OC(C)C)c1c(C)cc(C)cc1Cl. The maximum absolute atomic E-state index is 6.23. The number of nitrogens with zero attached hydrogens (tertiary/aromatic N) is 1. The van der Waals surface area contributed by atoms with Crippen molar-refractivity contribution in [3.63, 3.8) is 0 Å². The van der Waals surface area contributed by atoms with Crippen LogP contribution in [0.1, 0.15) is 30.5 Å². The molecule has 0 heterocycles. The average Bonchev–Trinajstić information content (AvgIpc) is 2.13. The molecule has 1 rings (SSSR count). The molecule has 0 radical (unpaired) electrons. The zero-order chi connectivity index (χ0) is 12.3. The number of ether oxygens (including phenoxy) is 1. The Morgan fingerprint density at radius 3 is 2.38 bits per heavy atom. The van der Waals surface area contributed by atoms with Crippen molar-refractivity contribution in [1.82, 2.24) is 0 Å². The van der Waals surface area contributed by atoms with Crippen LogP contribution >= 0.6 is 11.6 Å². The maximum Gasteiger partial charge on any atom is 0.217 e. The lowest BCUT2D eigenvalue weighted by atomic mass is 10.1. The van der Waals surface area contributed by atoms with Crippen molar-refractivity contribution in [2.24, 2.45) is 4.99 Å². The summed E-state index contributed by atoms with van der Waals surface area (Å²) in [7, 11) is 1.72. The molecule has 0 aromatic heterocycles. The predicted molar refractivity (Wildman–Crippen MR) is 69.6 cm³/mol. The zero-order valence-corrected chi connectivity index (χ0v) is 11.2. The second-order valence-electron chi connectivity index (χ2n) is 4.13. The molecule has 0 N–H and O–H groups in total. The minimum Gasteiger partial charge on any atom is -0.475 e. The lowest BCUT2D eigenvalue weighted by Gasteiger charge is -2.15. The van der Waals surface area contributed by atoms with Gasteiger partial charge in [-0.3, -0.25) is 4.99 Å². The van der Waals surface area contributed by atoms with E-state index < -0.39 is 0 Å². The lowest BCUT2D eigenvalue weighted by Crippen LogP contribution is -2.14. The Balaban J connectivity index is 3.21. The molecule has 1 aromatic rings. The second kappa shape index (κ2) is 5.35. The Labute approximate surface area is 102 Å². The van der Waals surface area contributed by atoms with E-state index in [9.17, 15) is 0 Å². The van der Waals surface area contributed by atoms with Gasteiger partial charge in [-0.05, 0) is 44.9 Å². The summed E-state index contributed by atoms with van der Waals surface area (Å²) in [4.78, 5) is 4.16. The van der Waals surface area contributed by atoms with Crippen LogP contribution in [0.15, 0.2) is 17.1 Å². The molecule has 0 fully saturated rings. The highest BCUT2D eigenvalue weighted by atomic mass is 35.5. The fourth-order valence-electron chi connectivity index (χ4n) is 1.63. The highest BCUT2D eigenvalue weighted by molar-refractivity contribution is 6.34. The summed E-state index contributed by atoms with van der Waals surface area (Å²) in [5.74, 6) is 0.609. The van der Waals surface area contributed by atoms with Gasteiger partial charge in [0.2, 0.25) is 5.90 Å². The molecule has 16 heavy (non-hydrogen) atoms. The summed E-state index contributed by atoms with van der Waals surface area (Å²) >= 11 is 6.23. The molecule has 0 aliphatic heterocycles. The number of benzene rings is 1. The molecular weight excluding hydrogens is 222 g/mol. The standard InChI is InChI=1S/C13H18ClNO/c1-8(2)16-13(15-5)12-10(4)6-9(3)7-11(12)14/h6-8H,1-5H3/b15-13-. The summed E-state index contributed by atoms with van der Waals surface area (Å²) < 4.78 is 5.65. The van der Waals surface area contributed by atoms with Gasteiger partial charge in [0.1, 0.15) is 0 Å². The van der Waals surface area contributed by atoms with E-state index in [0.29, 0.717) is 10.9 Å². The molecule has 88 valence electrons. The van der Waals surface area contributed by atoms with Crippen LogP contribution < -0.4 is 0 Å². The van der Waals surface area contributed by atoms with E-state index in [1.54, 1.807) is 7.05 Å². The highest BCUT2D eigenvalue weighted by Crippen LogP contribution is 2.23. The van der Waals surface area contributed by atoms with Crippen molar-refractivity contribution in [2.75, 3.05) is 7.05 Å². The van der Waals surface area contributed by atoms with Crippen LogP contribution in [0.5, 0.6) is 0 Å². The van der Waals surface area contributed by atoms with Gasteiger partial charge in [-0.25, -0.2) is 0 Å². The fraction of sp³-hybridized carbons (Fsp3) is 0.462. The molecule has 0 saturated heterocycles. The molecule has 0 unspecified atom stereocenters. The van der Waals surface area contributed by atoms with Gasteiger partial charge in [0.05, 0.1) is 16.7 Å². The average molecular weight is 240 g/mol. The summed E-state index contributed by atoms with van der Waals surface area (Å²) in [5, 5.41) is 0.693. The Morgan fingerprint density at radius 2 is 1.94 bits per heavy atom. The molecule has 0 saturated carbocycles. The molecular formula is C13H18ClNO. The van der Waals surface area contributed by atoms with Crippen molar-refractivity contribution >= 4 is 17.5 Å². The smallest absolute Gasteiger partial charge is 0.217 e. The minimum absolute atomic E-state index is 0.0930. The Hall–Kier alpha value is -1.02. The summed E-state index contributed by atoms with van der Waals surface area (Å²) in [6.45, 7) is 7.99. The van der Waals surface area contributed by atoms with Gasteiger partial charge in [0.25, 0.3) is 0 Å². The van der Waals surface area contributed by atoms with E-state index >= 15 is 0 Å². The van der Waals surface area contributed by atoms with Crippen LogP contribution in [0.25, 0.3) is 0 Å². The van der Waals surface area contributed by atoms with Crippen molar-refractivity contribution < 1.29 is 4.74 Å². The Kier molecular flexibility index (Phi) is 4.36. The molecule has 0 aliphatic rings. The van der Waals surface area contributed by atoms with Crippen LogP contribution in [-0.4, -0.2) is 19.0 Å². The number of aliphatic imine (C=N–C) groups is 1. The topological polar surface area (TPSA) is 21.6 Å². The highest BCUT2D eigenvalue weighted by Gasteiger charge is 2.14. The van der Waals surface area contributed by atoms with Gasteiger partial charge in [-0.2, -0.15) is 0 Å². The van der Waals surface area contributed by atoms with Gasteiger partial charge in [0.15, 0.2) is 0 Å². The Morgan fingerprint density at radius 1 is 1.31 bits per heavy atom. The van der Waals surface area contributed by atoms with E-state index in [1.807, 2.05) is 33.8 Å². The maximum atomic E-state index is 6.23. The van der Waals surface area contributed by atoms with Crippen LogP contribution in [0.4, 0.5) is 0 Å². The lowest BCUT2D eigenvalue weighted by molar-refractivity contribution is 0.229. The molecule has 3 heteroatoms. The molecule has 0 atom stereocenters. The first-order valence-electron chi connectivity index (χ1n) is 5.36. The largest absolute Gasteiger partial charge is 0.475 e. The normalized spacial score (nSPS) is 12.1. The molecule has 2 nitrogen and oxygen atoms in total. The number of rotatable bonds is 2. The molecule has 0 aliphatic carbocycles. The van der Waals surface area contributed by atoms with Crippen LogP contribution in [0.3, 0.4) is 0 Å². The molecule has 0 spiro atoms. The van der Waals surface area contributed by atoms with Gasteiger partial charge >= 0.3 is 0 Å². The number of halogens is 1. The fourth-order valence-corrected chi connectivity index (χ4v) is 2.04. The van der Waals surface area contributed by atoms with Crippen molar-refractivity contribution in [3.8, 4) is 0 Å². The number of hydrogen-bond donors (Lipinski definition) is 0. The van der Waals surface area contributed by atoms with Crippen molar-refractivity contribution in [1.29, 1.82) is 0 Å². The first-order valence-corrected chi connectivity index (χ1v) is 5.74. The summed E-state index contributed by atoms with van der Waals surface area (Å²) in [5.41, 5.74) is 3.13. The van der Waals surface area contributed by atoms with E-state index in [2.05, 4.69) is 11.1 Å². The summed E-state index contributed by atoms with van der Waals surface area (Å²) in [6, 6.07) is 4.01. The van der Waals surface area contributed by atoms with Gasteiger partial charge in [-0.15, -0.1) is 0 Å². The Bertz CT molecular complexity index is 387. The molecule has 0 bridgehead atoms. The number of aryl methyl sites for hydroxylation is 2. The third-order valence-corrected chi connectivity index (χ3v) is 2.49. The van der Waals surface area contributed by atoms with E-state index in [4.69, 9.17) is 16.3 Å². The first kappa shape index (κ1) is 13.0. The van der Waals surface area contributed by atoms with Crippen molar-refractivity contribution in [3.05, 3.63) is 33.8 Å². The third kappa shape index (κ3) is 2.99. The summed E-state index contributed by atoms with van der Waals surface area (Å²) in [6.07, 6.45) is 0.0930. The van der Waals surface area contributed by atoms with Crippen LogP contribution in [0.2, 0.25) is 5.02 Å². The minimum atomic E-state index is 0.0930. The van der Waals surface area contributed by atoms with E-state index in [0.717, 1.165) is 16.7 Å². The van der Waals surface area contributed by atoms with Crippen molar-refractivity contribution in [2.45, 2.75) is 33.8 Å². The molecule has 0 amide bonds. The monoisotopic (exact) mass is 239 g/mol. The third-order valence-electron chi connectivity index (χ3n) is 2.20. The van der Waals surface area contributed by atoms with E-state index in [-0.39, 0.29) is 6.10 Å². The van der Waals surface area contributed by atoms with Crippen LogP contribution in [0, 0.1) is 13.8 Å². The second-order valence-corrected chi connectivity index (χ2v) is 4.54. The zero-order valence-electron chi connectivity index (χ0n) is 10.5. The van der Waals surface area contributed by atoms with E-state index in [1.165, 1.54) is 0 Å². The van der Waals surface area contributed by atoms with Gasteiger partial charge < -0.3 is 4.74 Å². The molecule has 1 aromatic carbocycles. The quantitative estimate of drug-likeness (QED) is 0.569. The predicted octanol–water partition coefficient (Wildman–Crippen LogP) is 3.76. The first-order chi connectivity index (χ1) is 7.45. The van der Waals surface area contributed by atoms with Crippen LogP contribution in [-0.2, 0) is 4.74 Å². The number of hydrogen-bond acceptors (Lipinski definition) is 2.